The first-order chi connectivity index (χ1) is 11.8. The number of fused-ring (bicyclic) bond motifs is 1. The van der Waals surface area contributed by atoms with Crippen LogP contribution in [-0.4, -0.2) is 58.1 Å². The number of carbonyl (C=O) groups excluding carboxylic acids is 2. The van der Waals surface area contributed by atoms with Crippen LogP contribution in [0.15, 0.2) is 4.42 Å². The molecule has 0 unspecified atom stereocenters. The van der Waals surface area contributed by atoms with E-state index in [0.717, 1.165) is 0 Å². The first-order valence-corrected chi connectivity index (χ1v) is 9.01. The molecule has 2 aliphatic rings. The van der Waals surface area contributed by atoms with Crippen LogP contribution in [-0.2, 0) is 16.0 Å². The number of rotatable bonds is 5. The van der Waals surface area contributed by atoms with E-state index >= 15 is 0 Å². The molecule has 2 amide bonds. The van der Waals surface area contributed by atoms with Gasteiger partial charge in [-0.3, -0.25) is 14.5 Å². The van der Waals surface area contributed by atoms with Gasteiger partial charge in [0.1, 0.15) is 0 Å². The predicted octanol–water partition coefficient (Wildman–Crippen LogP) is 0.449. The van der Waals surface area contributed by atoms with E-state index < -0.39 is 0 Å². The molecule has 0 aliphatic carbocycles. The highest BCUT2D eigenvalue weighted by Crippen LogP contribution is 2.26. The number of piperazine rings is 1. The van der Waals surface area contributed by atoms with Crippen LogP contribution in [0.4, 0.5) is 0 Å². The molecule has 0 spiro atoms. The molecule has 138 valence electrons. The maximum Gasteiger partial charge on any atom is 0.237 e. The van der Waals surface area contributed by atoms with Gasteiger partial charge in [-0.15, -0.1) is 10.2 Å². The van der Waals surface area contributed by atoms with Crippen molar-refractivity contribution in [3.63, 3.8) is 0 Å². The zero-order chi connectivity index (χ0) is 18.1. The summed E-state index contributed by atoms with van der Waals surface area (Å²) in [4.78, 5) is 26.3. The smallest absolute Gasteiger partial charge is 0.237 e. The van der Waals surface area contributed by atoms with Crippen LogP contribution in [0.3, 0.4) is 0 Å². The monoisotopic (exact) mass is 349 g/mol. The molecule has 2 N–H and O–H groups in total. The Kier molecular flexibility index (Phi) is 5.08. The average Bonchev–Trinajstić information content (AvgIpc) is 3.17. The van der Waals surface area contributed by atoms with Gasteiger partial charge in [-0.25, -0.2) is 0 Å². The summed E-state index contributed by atoms with van der Waals surface area (Å²) in [5.74, 6) is 1.43. The summed E-state index contributed by atoms with van der Waals surface area (Å²) >= 11 is 0. The molecule has 8 heteroatoms. The maximum absolute atomic E-state index is 12.2. The van der Waals surface area contributed by atoms with Gasteiger partial charge in [0.25, 0.3) is 0 Å². The van der Waals surface area contributed by atoms with Gasteiger partial charge in [-0.05, 0) is 6.42 Å². The van der Waals surface area contributed by atoms with Gasteiger partial charge in [-0.1, -0.05) is 27.7 Å². The summed E-state index contributed by atoms with van der Waals surface area (Å²) in [6.07, 6.45) is 1.24. The van der Waals surface area contributed by atoms with E-state index in [2.05, 4.69) is 25.7 Å². The second-order valence-corrected chi connectivity index (χ2v) is 7.60. The largest absolute Gasteiger partial charge is 0.425 e. The predicted molar refractivity (Wildman–Crippen MR) is 90.8 cm³/mol. The molecule has 0 saturated carbocycles. The zero-order valence-electron chi connectivity index (χ0n) is 15.3. The van der Waals surface area contributed by atoms with Crippen molar-refractivity contribution in [1.29, 1.82) is 0 Å². The van der Waals surface area contributed by atoms with E-state index in [1.165, 1.54) is 0 Å². The fourth-order valence-corrected chi connectivity index (χ4v) is 3.42. The summed E-state index contributed by atoms with van der Waals surface area (Å²) in [5.41, 5.74) is 0. The maximum atomic E-state index is 12.2. The van der Waals surface area contributed by atoms with E-state index in [4.69, 9.17) is 4.42 Å². The van der Waals surface area contributed by atoms with Crippen LogP contribution < -0.4 is 10.6 Å². The molecule has 2 aliphatic heterocycles. The van der Waals surface area contributed by atoms with Crippen LogP contribution in [0, 0.1) is 5.92 Å². The second-order valence-electron chi connectivity index (χ2n) is 7.60. The molecule has 3 rings (SSSR count). The minimum Gasteiger partial charge on any atom is -0.425 e. The Bertz CT molecular complexity index is 642. The van der Waals surface area contributed by atoms with E-state index in [9.17, 15) is 9.59 Å². The van der Waals surface area contributed by atoms with Crippen LogP contribution in [0.5, 0.6) is 0 Å². The second kappa shape index (κ2) is 7.11. The Morgan fingerprint density at radius 3 is 2.76 bits per heavy atom. The fourth-order valence-electron chi connectivity index (χ4n) is 3.42. The van der Waals surface area contributed by atoms with E-state index in [0.29, 0.717) is 37.7 Å². The van der Waals surface area contributed by atoms with Gasteiger partial charge in [-0.2, -0.15) is 0 Å². The zero-order valence-corrected chi connectivity index (χ0v) is 15.3. The van der Waals surface area contributed by atoms with Crippen LogP contribution in [0.2, 0.25) is 0 Å². The van der Waals surface area contributed by atoms with Gasteiger partial charge < -0.3 is 15.1 Å². The number of aromatic nitrogens is 2. The summed E-state index contributed by atoms with van der Waals surface area (Å²) < 4.78 is 5.71. The van der Waals surface area contributed by atoms with E-state index in [-0.39, 0.29) is 41.8 Å². The van der Waals surface area contributed by atoms with Crippen LogP contribution in [0.1, 0.15) is 51.8 Å². The van der Waals surface area contributed by atoms with Crippen molar-refractivity contribution in [1.82, 2.24) is 25.7 Å². The van der Waals surface area contributed by atoms with Crippen molar-refractivity contribution in [2.45, 2.75) is 64.6 Å². The quantitative estimate of drug-likeness (QED) is 0.800. The number of amides is 2. The number of nitrogens with one attached hydrogen (secondary N) is 2. The lowest BCUT2D eigenvalue weighted by Crippen LogP contribution is -2.58. The Morgan fingerprint density at radius 1 is 1.36 bits per heavy atom. The molecule has 2 saturated heterocycles. The SMILES string of the molecule is CC(C)C(=O)N[C@H]1C[C@H]2C(=O)NC[C@@H](Cc3nnc(C(C)C)o3)N2C1. The van der Waals surface area contributed by atoms with E-state index in [1.807, 2.05) is 27.7 Å². The topological polar surface area (TPSA) is 100 Å². The van der Waals surface area contributed by atoms with Crippen molar-refractivity contribution < 1.29 is 14.0 Å². The van der Waals surface area contributed by atoms with Crippen molar-refractivity contribution in [2.24, 2.45) is 5.92 Å². The third-order valence-corrected chi connectivity index (χ3v) is 4.88. The first kappa shape index (κ1) is 17.8. The van der Waals surface area contributed by atoms with Crippen molar-refractivity contribution in [2.75, 3.05) is 13.1 Å². The first-order valence-electron chi connectivity index (χ1n) is 9.01. The lowest BCUT2D eigenvalue weighted by Gasteiger charge is -2.36. The van der Waals surface area contributed by atoms with Crippen LogP contribution in [0.25, 0.3) is 0 Å². The molecule has 1 aromatic heterocycles. The number of hydrogen-bond donors (Lipinski definition) is 2. The molecule has 8 nitrogen and oxygen atoms in total. The molecule has 2 fully saturated rings. The third kappa shape index (κ3) is 3.84. The Balaban J connectivity index is 1.67. The summed E-state index contributed by atoms with van der Waals surface area (Å²) in [6, 6.07) is -0.104. The van der Waals surface area contributed by atoms with Crippen molar-refractivity contribution >= 4 is 11.8 Å². The lowest BCUT2D eigenvalue weighted by atomic mass is 10.1. The molecule has 0 aromatic carbocycles. The van der Waals surface area contributed by atoms with Crippen molar-refractivity contribution in [3.05, 3.63) is 11.8 Å². The lowest BCUT2D eigenvalue weighted by molar-refractivity contribution is -0.129. The minimum absolute atomic E-state index is 0.000148. The van der Waals surface area contributed by atoms with Gasteiger partial charge in [0.15, 0.2) is 0 Å². The standard InChI is InChI=1S/C17H27N5O3/c1-9(2)15(23)19-11-5-13-16(24)18-7-12(22(13)8-11)6-14-20-21-17(25-14)10(3)4/h9-13H,5-8H2,1-4H3,(H,18,24)(H,19,23)/t11-,12+,13-/m0/s1. The van der Waals surface area contributed by atoms with Crippen LogP contribution >= 0.6 is 0 Å². The fraction of sp³-hybridized carbons (Fsp3) is 0.765. The summed E-state index contributed by atoms with van der Waals surface area (Å²) in [7, 11) is 0. The van der Waals surface area contributed by atoms with Crippen molar-refractivity contribution in [3.8, 4) is 0 Å². The van der Waals surface area contributed by atoms with Gasteiger partial charge in [0.2, 0.25) is 23.6 Å². The Labute approximate surface area is 147 Å². The number of nitrogens with zero attached hydrogens (tertiary/aromatic N) is 3. The Morgan fingerprint density at radius 2 is 2.12 bits per heavy atom. The third-order valence-electron chi connectivity index (χ3n) is 4.88. The highest BCUT2D eigenvalue weighted by molar-refractivity contribution is 5.83. The number of carbonyl (C=O) groups is 2. The molecular formula is C17H27N5O3. The molecule has 1 aromatic rings. The molecule has 3 atom stereocenters. The normalized spacial score (nSPS) is 26.8. The molecule has 25 heavy (non-hydrogen) atoms. The Hall–Kier alpha value is -1.96. The molecule has 0 bridgehead atoms. The van der Waals surface area contributed by atoms with Gasteiger partial charge in [0, 0.05) is 43.4 Å². The molecular weight excluding hydrogens is 322 g/mol. The highest BCUT2D eigenvalue weighted by atomic mass is 16.4. The summed E-state index contributed by atoms with van der Waals surface area (Å²) in [6.45, 7) is 8.99. The average molecular weight is 349 g/mol. The van der Waals surface area contributed by atoms with E-state index in [1.54, 1.807) is 0 Å². The summed E-state index contributed by atoms with van der Waals surface area (Å²) in [5, 5.41) is 14.2. The van der Waals surface area contributed by atoms with Gasteiger partial charge >= 0.3 is 0 Å². The molecule has 3 heterocycles. The van der Waals surface area contributed by atoms with Gasteiger partial charge in [0.05, 0.1) is 6.04 Å². The minimum atomic E-state index is -0.205. The number of hydrogen-bond acceptors (Lipinski definition) is 6. The highest BCUT2D eigenvalue weighted by Gasteiger charge is 2.44. The molecule has 0 radical (unpaired) electrons.